The van der Waals surface area contributed by atoms with E-state index in [4.69, 9.17) is 21.1 Å². The van der Waals surface area contributed by atoms with Crippen molar-refractivity contribution in [3.8, 4) is 11.5 Å². The molecule has 3 amide bonds. The maximum atomic E-state index is 14.0. The van der Waals surface area contributed by atoms with Gasteiger partial charge in [0.15, 0.2) is 11.5 Å². The smallest absolute Gasteiger partial charge is 0.308 e. The minimum atomic E-state index is -0.834. The van der Waals surface area contributed by atoms with Gasteiger partial charge in [-0.3, -0.25) is 23.7 Å². The number of imide groups is 1. The van der Waals surface area contributed by atoms with Crippen molar-refractivity contribution in [3.05, 3.63) is 67.6 Å². The molecular weight excluding hydrogens is 578 g/mol. The minimum absolute atomic E-state index is 0.0771. The largest absolute Gasteiger partial charge is 0.504 e. The number of carbonyl (C=O) groups is 3. The van der Waals surface area contributed by atoms with Crippen LogP contribution in [0.15, 0.2) is 52.3 Å². The Morgan fingerprint density at radius 1 is 1.10 bits per heavy atom. The molecule has 4 heterocycles. The molecule has 0 aliphatic carbocycles. The number of aromatic hydroxyl groups is 1. The van der Waals surface area contributed by atoms with E-state index in [9.17, 15) is 24.3 Å². The van der Waals surface area contributed by atoms with E-state index >= 15 is 0 Å². The number of aromatic nitrogens is 1. The maximum Gasteiger partial charge on any atom is 0.308 e. The van der Waals surface area contributed by atoms with Crippen LogP contribution in [0.25, 0.3) is 0 Å². The standard InChI is InChI=1S/C27H24ClN3O7S2/c1-37-18-12-14(2-7-17(18)32)20-21-22(25(35)31(24(21)34)16-5-3-15(28)4-6-16)39-26-23(20)40-27(36)30(26)13-19(33)29-8-10-38-11-9-29/h2-7,12,20-22,32H,8-11,13H2,1H3. The van der Waals surface area contributed by atoms with Gasteiger partial charge < -0.3 is 19.5 Å². The molecule has 1 N–H and O–H groups in total. The highest BCUT2D eigenvalue weighted by atomic mass is 35.5. The van der Waals surface area contributed by atoms with Crippen LogP contribution in [-0.4, -0.2) is 71.0 Å². The zero-order valence-corrected chi connectivity index (χ0v) is 23.6. The number of halogens is 1. The number of hydrogen-bond donors (Lipinski definition) is 1. The van der Waals surface area contributed by atoms with Gasteiger partial charge in [0.1, 0.15) is 11.8 Å². The van der Waals surface area contributed by atoms with Gasteiger partial charge in [-0.25, -0.2) is 4.90 Å². The number of rotatable bonds is 5. The molecule has 2 aromatic carbocycles. The van der Waals surface area contributed by atoms with Crippen molar-refractivity contribution >= 4 is 58.1 Å². The summed E-state index contributed by atoms with van der Waals surface area (Å²) in [6, 6.07) is 11.2. The van der Waals surface area contributed by atoms with E-state index in [1.165, 1.54) is 22.6 Å². The first kappa shape index (κ1) is 26.9. The third kappa shape index (κ3) is 4.48. The van der Waals surface area contributed by atoms with Crippen LogP contribution >= 0.6 is 34.7 Å². The predicted molar refractivity (Wildman–Crippen MR) is 150 cm³/mol. The zero-order chi connectivity index (χ0) is 28.1. The lowest BCUT2D eigenvalue weighted by Crippen LogP contribution is -2.43. The molecule has 3 unspecified atom stereocenters. The first-order valence-electron chi connectivity index (χ1n) is 12.5. The first-order chi connectivity index (χ1) is 19.3. The van der Waals surface area contributed by atoms with Crippen molar-refractivity contribution < 1.29 is 29.0 Å². The van der Waals surface area contributed by atoms with Crippen LogP contribution in [0, 0.1) is 5.92 Å². The van der Waals surface area contributed by atoms with Crippen molar-refractivity contribution in [2.45, 2.75) is 22.7 Å². The molecule has 2 saturated heterocycles. The van der Waals surface area contributed by atoms with Crippen molar-refractivity contribution in [3.63, 3.8) is 0 Å². The van der Waals surface area contributed by atoms with E-state index in [1.54, 1.807) is 41.3 Å². The number of methoxy groups -OCH3 is 1. The number of carbonyl (C=O) groups excluding carboxylic acids is 3. The van der Waals surface area contributed by atoms with E-state index < -0.39 is 28.9 Å². The third-order valence-electron chi connectivity index (χ3n) is 7.35. The predicted octanol–water partition coefficient (Wildman–Crippen LogP) is 2.93. The Labute approximate surface area is 242 Å². The zero-order valence-electron chi connectivity index (χ0n) is 21.2. The number of morpholine rings is 1. The number of amides is 3. The normalized spacial score (nSPS) is 22.3. The second-order valence-electron chi connectivity index (χ2n) is 9.58. The molecule has 1 aromatic heterocycles. The van der Waals surface area contributed by atoms with Crippen molar-refractivity contribution in [1.29, 1.82) is 0 Å². The Kier molecular flexibility index (Phi) is 7.11. The molecule has 0 bridgehead atoms. The van der Waals surface area contributed by atoms with Gasteiger partial charge in [0.2, 0.25) is 17.7 Å². The van der Waals surface area contributed by atoms with Gasteiger partial charge in [0, 0.05) is 28.9 Å². The minimum Gasteiger partial charge on any atom is -0.504 e. The number of fused-ring (bicyclic) bond motifs is 2. The third-order valence-corrected chi connectivity index (χ3v) is 10.2. The number of benzene rings is 2. The van der Waals surface area contributed by atoms with Crippen LogP contribution in [0.4, 0.5) is 5.69 Å². The number of nitrogens with zero attached hydrogens (tertiary/aromatic N) is 3. The Balaban J connectivity index is 1.46. The fraction of sp³-hybridized carbons (Fsp3) is 0.333. The van der Waals surface area contributed by atoms with Gasteiger partial charge in [-0.1, -0.05) is 40.8 Å². The molecule has 0 saturated carbocycles. The van der Waals surface area contributed by atoms with Crippen LogP contribution in [0.1, 0.15) is 16.4 Å². The summed E-state index contributed by atoms with van der Waals surface area (Å²) >= 11 is 8.15. The summed E-state index contributed by atoms with van der Waals surface area (Å²) in [7, 11) is 1.42. The highest BCUT2D eigenvalue weighted by Gasteiger charge is 2.57. The summed E-state index contributed by atoms with van der Waals surface area (Å²) in [6.07, 6.45) is 0. The number of thioether (sulfide) groups is 1. The topological polar surface area (TPSA) is 118 Å². The second kappa shape index (κ2) is 10.6. The molecule has 6 rings (SSSR count). The van der Waals surface area contributed by atoms with Crippen LogP contribution < -0.4 is 14.5 Å². The average molecular weight is 602 g/mol. The number of ether oxygens (including phenoxy) is 2. The van der Waals surface area contributed by atoms with E-state index in [1.807, 2.05) is 0 Å². The molecule has 0 radical (unpaired) electrons. The summed E-state index contributed by atoms with van der Waals surface area (Å²) in [6.45, 7) is 1.57. The molecule has 0 spiro atoms. The quantitative estimate of drug-likeness (QED) is 0.444. The van der Waals surface area contributed by atoms with Crippen molar-refractivity contribution in [1.82, 2.24) is 9.47 Å². The van der Waals surface area contributed by atoms with Crippen LogP contribution in [0.5, 0.6) is 11.5 Å². The summed E-state index contributed by atoms with van der Waals surface area (Å²) in [5.74, 6) is -2.40. The summed E-state index contributed by atoms with van der Waals surface area (Å²) < 4.78 is 12.1. The molecular formula is C27H24ClN3O7S2. The van der Waals surface area contributed by atoms with E-state index in [0.29, 0.717) is 52.5 Å². The first-order valence-corrected chi connectivity index (χ1v) is 14.6. The lowest BCUT2D eigenvalue weighted by Gasteiger charge is -2.31. The molecule has 3 aliphatic heterocycles. The molecule has 2 fully saturated rings. The molecule has 10 nitrogen and oxygen atoms in total. The van der Waals surface area contributed by atoms with Crippen molar-refractivity contribution in [2.24, 2.45) is 5.92 Å². The molecule has 3 atom stereocenters. The van der Waals surface area contributed by atoms with E-state index in [-0.39, 0.29) is 28.8 Å². The number of phenols is 1. The summed E-state index contributed by atoms with van der Waals surface area (Å²) in [5.41, 5.74) is 1.01. The lowest BCUT2D eigenvalue weighted by atomic mass is 9.83. The van der Waals surface area contributed by atoms with Gasteiger partial charge in [0.05, 0.1) is 37.0 Å². The van der Waals surface area contributed by atoms with Gasteiger partial charge >= 0.3 is 4.87 Å². The van der Waals surface area contributed by atoms with Gasteiger partial charge in [-0.2, -0.15) is 0 Å². The number of thiazole rings is 1. The molecule has 208 valence electrons. The summed E-state index contributed by atoms with van der Waals surface area (Å²) in [5, 5.41) is 10.4. The fourth-order valence-electron chi connectivity index (χ4n) is 5.39. The maximum absolute atomic E-state index is 14.0. The fourth-order valence-corrected chi connectivity index (χ4v) is 8.29. The Bertz CT molecular complexity index is 1560. The average Bonchev–Trinajstić information content (AvgIpc) is 3.40. The molecule has 40 heavy (non-hydrogen) atoms. The molecule has 3 aliphatic rings. The highest BCUT2D eigenvalue weighted by molar-refractivity contribution is 8.00. The van der Waals surface area contributed by atoms with E-state index in [0.717, 1.165) is 23.1 Å². The SMILES string of the molecule is COc1cc(C2c3sc(=O)n(CC(=O)N4CCOCC4)c3SC3C(=O)N(c4ccc(Cl)cc4)C(=O)C32)ccc1O. The van der Waals surface area contributed by atoms with Crippen molar-refractivity contribution in [2.75, 3.05) is 38.3 Å². The van der Waals surface area contributed by atoms with Crippen LogP contribution in [-0.2, 0) is 25.7 Å². The van der Waals surface area contributed by atoms with Crippen LogP contribution in [0.3, 0.4) is 0 Å². The lowest BCUT2D eigenvalue weighted by molar-refractivity contribution is -0.136. The Hall–Kier alpha value is -3.32. The number of hydrogen-bond acceptors (Lipinski definition) is 9. The summed E-state index contributed by atoms with van der Waals surface area (Å²) in [4.78, 5) is 57.2. The number of phenolic OH excluding ortho intramolecular Hbond substituents is 1. The van der Waals surface area contributed by atoms with Gasteiger partial charge in [-0.15, -0.1) is 0 Å². The molecule has 3 aromatic rings. The van der Waals surface area contributed by atoms with Gasteiger partial charge in [0.25, 0.3) is 0 Å². The Morgan fingerprint density at radius 3 is 2.52 bits per heavy atom. The second-order valence-corrected chi connectivity index (χ2v) is 12.1. The molecule has 13 heteroatoms. The number of anilines is 1. The monoisotopic (exact) mass is 601 g/mol. The Morgan fingerprint density at radius 2 is 1.82 bits per heavy atom. The van der Waals surface area contributed by atoms with Gasteiger partial charge in [-0.05, 0) is 42.0 Å². The highest BCUT2D eigenvalue weighted by Crippen LogP contribution is 2.54. The van der Waals surface area contributed by atoms with Crippen LogP contribution in [0.2, 0.25) is 5.02 Å². The van der Waals surface area contributed by atoms with E-state index in [2.05, 4.69) is 0 Å².